The Balaban J connectivity index is 1.88. The van der Waals surface area contributed by atoms with Gasteiger partial charge in [0.15, 0.2) is 0 Å². The Labute approximate surface area is 179 Å². The summed E-state index contributed by atoms with van der Waals surface area (Å²) >= 11 is 9.74. The van der Waals surface area contributed by atoms with Gasteiger partial charge in [-0.05, 0) is 42.3 Å². The van der Waals surface area contributed by atoms with Crippen LogP contribution < -0.4 is 5.32 Å². The Morgan fingerprint density at radius 3 is 2.46 bits per heavy atom. The highest BCUT2D eigenvalue weighted by molar-refractivity contribution is 9.10. The quantitative estimate of drug-likeness (QED) is 0.602. The summed E-state index contributed by atoms with van der Waals surface area (Å²) in [4.78, 5) is 12.4. The van der Waals surface area contributed by atoms with Gasteiger partial charge >= 0.3 is 0 Å². The molecule has 0 unspecified atom stereocenters. The van der Waals surface area contributed by atoms with Crippen molar-refractivity contribution in [1.82, 2.24) is 5.32 Å². The number of carbonyl (C=O) groups is 1. The van der Waals surface area contributed by atoms with Gasteiger partial charge in [0.2, 0.25) is 5.91 Å². The molecule has 6 heteroatoms. The lowest BCUT2D eigenvalue weighted by Gasteiger charge is -2.43. The minimum atomic E-state index is -0.400. The zero-order valence-corrected chi connectivity index (χ0v) is 18.4. The Hall–Kier alpha value is -1.40. The molecule has 0 bridgehead atoms. The number of ether oxygens (including phenoxy) is 2. The highest BCUT2D eigenvalue weighted by Crippen LogP contribution is 2.44. The van der Waals surface area contributed by atoms with Gasteiger partial charge in [-0.15, -0.1) is 0 Å². The molecule has 2 aromatic carbocycles. The third-order valence-electron chi connectivity index (χ3n) is 5.02. The van der Waals surface area contributed by atoms with Gasteiger partial charge in [-0.25, -0.2) is 0 Å². The summed E-state index contributed by atoms with van der Waals surface area (Å²) in [6.07, 6.45) is 1.42. The largest absolute Gasteiger partial charge is 0.384 e. The van der Waals surface area contributed by atoms with Crippen LogP contribution in [0.4, 0.5) is 0 Å². The molecule has 1 heterocycles. The van der Waals surface area contributed by atoms with Crippen LogP contribution in [-0.2, 0) is 14.3 Å². The second-order valence-corrected chi connectivity index (χ2v) is 8.84. The molecule has 1 aliphatic heterocycles. The van der Waals surface area contributed by atoms with E-state index in [1.807, 2.05) is 36.4 Å². The molecule has 0 aliphatic carbocycles. The maximum Gasteiger partial charge on any atom is 0.222 e. The lowest BCUT2D eigenvalue weighted by molar-refractivity contribution is -0.129. The van der Waals surface area contributed by atoms with E-state index in [0.717, 1.165) is 15.6 Å². The Bertz CT molecular complexity index is 775. The van der Waals surface area contributed by atoms with Crippen molar-refractivity contribution in [2.75, 3.05) is 13.7 Å². The second-order valence-electron chi connectivity index (χ2n) is 7.48. The van der Waals surface area contributed by atoms with Crippen LogP contribution in [-0.4, -0.2) is 25.2 Å². The van der Waals surface area contributed by atoms with Crippen LogP contribution in [0.5, 0.6) is 0 Å². The van der Waals surface area contributed by atoms with Crippen molar-refractivity contribution in [3.05, 3.63) is 69.2 Å². The Kier molecular flexibility index (Phi) is 7.15. The number of halogens is 2. The van der Waals surface area contributed by atoms with Gasteiger partial charge in [-0.3, -0.25) is 4.79 Å². The molecule has 4 nitrogen and oxygen atoms in total. The van der Waals surface area contributed by atoms with E-state index in [4.69, 9.17) is 21.1 Å². The molecule has 3 rings (SSSR count). The molecule has 1 saturated heterocycles. The van der Waals surface area contributed by atoms with Crippen LogP contribution in [0, 0.1) is 0 Å². The predicted octanol–water partition coefficient (Wildman–Crippen LogP) is 5.61. The Morgan fingerprint density at radius 1 is 1.21 bits per heavy atom. The molecule has 0 saturated carbocycles. The summed E-state index contributed by atoms with van der Waals surface area (Å²) < 4.78 is 12.5. The van der Waals surface area contributed by atoms with Gasteiger partial charge in [0.05, 0.1) is 18.8 Å². The van der Waals surface area contributed by atoms with Crippen LogP contribution >= 0.6 is 27.5 Å². The second kappa shape index (κ2) is 9.40. The molecule has 1 aliphatic rings. The average Bonchev–Trinajstić information content (AvgIpc) is 2.65. The first-order valence-electron chi connectivity index (χ1n) is 9.35. The Morgan fingerprint density at radius 2 is 1.86 bits per heavy atom. The van der Waals surface area contributed by atoms with Gasteiger partial charge in [-0.1, -0.05) is 51.8 Å². The molecule has 150 valence electrons. The van der Waals surface area contributed by atoms with Crippen molar-refractivity contribution in [3.8, 4) is 0 Å². The maximum absolute atomic E-state index is 12.4. The summed E-state index contributed by atoms with van der Waals surface area (Å²) in [5.41, 5.74) is 1.70. The van der Waals surface area contributed by atoms with E-state index < -0.39 is 5.54 Å². The number of carbonyl (C=O) groups excluding carboxylic acids is 1. The third kappa shape index (κ3) is 5.57. The number of nitrogens with one attached hydrogen (secondary N) is 1. The van der Waals surface area contributed by atoms with E-state index >= 15 is 0 Å². The third-order valence-corrected chi connectivity index (χ3v) is 5.74. The van der Waals surface area contributed by atoms with E-state index in [0.29, 0.717) is 30.9 Å². The predicted molar refractivity (Wildman–Crippen MR) is 114 cm³/mol. The van der Waals surface area contributed by atoms with Crippen molar-refractivity contribution < 1.29 is 14.3 Å². The minimum Gasteiger partial charge on any atom is -0.384 e. The zero-order chi connectivity index (χ0) is 20.1. The van der Waals surface area contributed by atoms with Crippen LogP contribution in [0.1, 0.15) is 49.5 Å². The lowest BCUT2D eigenvalue weighted by Crippen LogP contribution is -2.51. The summed E-state index contributed by atoms with van der Waals surface area (Å²) in [6.45, 7) is 2.49. The van der Waals surface area contributed by atoms with Crippen molar-refractivity contribution in [2.45, 2.75) is 43.9 Å². The van der Waals surface area contributed by atoms with Gasteiger partial charge in [0, 0.05) is 41.4 Å². The van der Waals surface area contributed by atoms with E-state index in [1.165, 1.54) is 0 Å². The summed E-state index contributed by atoms with van der Waals surface area (Å²) in [5.74, 6) is -0.0101. The van der Waals surface area contributed by atoms with Crippen LogP contribution in [0.3, 0.4) is 0 Å². The maximum atomic E-state index is 12.4. The summed E-state index contributed by atoms with van der Waals surface area (Å²) in [5, 5.41) is 3.89. The fourth-order valence-electron chi connectivity index (χ4n) is 3.70. The average molecular weight is 467 g/mol. The number of benzene rings is 2. The number of hydrogen-bond acceptors (Lipinski definition) is 3. The zero-order valence-electron chi connectivity index (χ0n) is 16.1. The number of rotatable bonds is 6. The molecule has 1 N–H and O–H groups in total. The molecule has 0 aromatic heterocycles. The first kappa shape index (κ1) is 21.3. The number of methoxy groups -OCH3 is 1. The van der Waals surface area contributed by atoms with Crippen LogP contribution in [0.2, 0.25) is 5.02 Å². The van der Waals surface area contributed by atoms with Crippen LogP contribution in [0.15, 0.2) is 53.0 Å². The topological polar surface area (TPSA) is 47.6 Å². The SMILES string of the molecule is COCCC(=O)N[C@]1(C)C[C@@H](c2cccc(Cl)c2)O[C@@H](c2cccc(Br)c2)C1. The van der Waals surface area contributed by atoms with Crippen molar-refractivity contribution >= 4 is 33.4 Å². The fourth-order valence-corrected chi connectivity index (χ4v) is 4.31. The fraction of sp³-hybridized carbons (Fsp3) is 0.409. The number of hydrogen-bond donors (Lipinski definition) is 1. The van der Waals surface area contributed by atoms with Crippen molar-refractivity contribution in [1.29, 1.82) is 0 Å². The van der Waals surface area contributed by atoms with Gasteiger partial charge in [-0.2, -0.15) is 0 Å². The van der Waals surface area contributed by atoms with Gasteiger partial charge in [0.25, 0.3) is 0 Å². The standard InChI is InChI=1S/C22H25BrClNO3/c1-22(25-21(26)9-10-27-2)13-19(15-5-3-7-17(23)11-15)28-20(14-22)16-6-4-8-18(24)12-16/h3-8,11-12,19-20H,9-10,13-14H2,1-2H3,(H,25,26)/t19-,20+,22+/m1/s1. The van der Waals surface area contributed by atoms with Crippen molar-refractivity contribution in [2.24, 2.45) is 0 Å². The summed E-state index contributed by atoms with van der Waals surface area (Å²) in [6, 6.07) is 15.9. The van der Waals surface area contributed by atoms with E-state index in [2.05, 4.69) is 40.3 Å². The molecule has 0 spiro atoms. The van der Waals surface area contributed by atoms with E-state index in [-0.39, 0.29) is 18.1 Å². The highest BCUT2D eigenvalue weighted by Gasteiger charge is 2.40. The van der Waals surface area contributed by atoms with E-state index in [1.54, 1.807) is 7.11 Å². The molecular formula is C22H25BrClNO3. The van der Waals surface area contributed by atoms with Gasteiger partial charge in [0.1, 0.15) is 0 Å². The highest BCUT2D eigenvalue weighted by atomic mass is 79.9. The van der Waals surface area contributed by atoms with Crippen molar-refractivity contribution in [3.63, 3.8) is 0 Å². The molecule has 2 aromatic rings. The van der Waals surface area contributed by atoms with Gasteiger partial charge < -0.3 is 14.8 Å². The molecular weight excluding hydrogens is 442 g/mol. The molecule has 28 heavy (non-hydrogen) atoms. The monoisotopic (exact) mass is 465 g/mol. The molecule has 0 radical (unpaired) electrons. The number of amides is 1. The summed E-state index contributed by atoms with van der Waals surface area (Å²) in [7, 11) is 1.60. The molecule has 1 fully saturated rings. The lowest BCUT2D eigenvalue weighted by atomic mass is 9.81. The first-order chi connectivity index (χ1) is 13.4. The molecule has 1 amide bonds. The van der Waals surface area contributed by atoms with Crippen LogP contribution in [0.25, 0.3) is 0 Å². The van der Waals surface area contributed by atoms with E-state index in [9.17, 15) is 4.79 Å². The minimum absolute atomic E-state index is 0.0101. The normalized spacial score (nSPS) is 24.7. The first-order valence-corrected chi connectivity index (χ1v) is 10.5. The molecule has 3 atom stereocenters. The smallest absolute Gasteiger partial charge is 0.222 e.